The first kappa shape index (κ1) is 22.3. The lowest BCUT2D eigenvalue weighted by atomic mass is 9.63. The largest absolute Gasteiger partial charge is 0.360 e. The van der Waals surface area contributed by atoms with Crippen molar-refractivity contribution >= 4 is 45.5 Å². The summed E-state index contributed by atoms with van der Waals surface area (Å²) in [7, 11) is 0. The molecule has 0 atom stereocenters. The first-order valence-electron chi connectivity index (χ1n) is 12.6. The van der Waals surface area contributed by atoms with Gasteiger partial charge in [0, 0.05) is 47.9 Å². The fourth-order valence-corrected chi connectivity index (χ4v) is 6.45. The summed E-state index contributed by atoms with van der Waals surface area (Å²) in [6.45, 7) is 4.14. The Kier molecular flexibility index (Phi) is 5.16. The number of allylic oxidation sites excluding steroid dienone is 2. The van der Waals surface area contributed by atoms with Crippen molar-refractivity contribution in [2.24, 2.45) is 5.41 Å². The maximum absolute atomic E-state index is 6.51. The van der Waals surface area contributed by atoms with Crippen molar-refractivity contribution in [3.05, 3.63) is 75.7 Å². The van der Waals surface area contributed by atoms with Crippen LogP contribution in [0.4, 0.5) is 5.82 Å². The van der Waals surface area contributed by atoms with Crippen LogP contribution in [0.2, 0.25) is 10.0 Å². The predicted octanol–water partition coefficient (Wildman–Crippen LogP) is 7.85. The van der Waals surface area contributed by atoms with E-state index in [0.29, 0.717) is 21.5 Å². The molecule has 182 valence electrons. The van der Waals surface area contributed by atoms with Gasteiger partial charge in [0.25, 0.3) is 0 Å². The van der Waals surface area contributed by atoms with Crippen LogP contribution >= 0.6 is 23.2 Å². The first-order valence-corrected chi connectivity index (χ1v) is 13.4. The number of hydrogen-bond donors (Lipinski definition) is 0. The van der Waals surface area contributed by atoms with Crippen LogP contribution in [0.5, 0.6) is 0 Å². The Morgan fingerprint density at radius 2 is 1.75 bits per heavy atom. The van der Waals surface area contributed by atoms with Gasteiger partial charge in [-0.3, -0.25) is 4.98 Å². The molecular formula is C29H26Cl2N4O. The van der Waals surface area contributed by atoms with E-state index in [4.69, 9.17) is 32.7 Å². The molecule has 1 saturated carbocycles. The standard InChI is InChI=1S/C29H26Cl2N4O/c1-17-3-2-4-23-20(17)7-8-24(33-23)35-11-9-29(10-12-35)13-19(14-29)25-27(34-36-28(25)18-5-6-18)26-21(30)15-32-16-22(26)31/h2-4,7-8,13,15-16,18H,5-6,9-12,14H2,1H3. The molecule has 4 heterocycles. The van der Waals surface area contributed by atoms with E-state index < -0.39 is 0 Å². The molecule has 0 unspecified atom stereocenters. The van der Waals surface area contributed by atoms with Crippen LogP contribution in [-0.4, -0.2) is 28.2 Å². The third-order valence-electron chi connectivity index (χ3n) is 8.12. The van der Waals surface area contributed by atoms with Crippen LogP contribution in [0.15, 0.2) is 53.3 Å². The van der Waals surface area contributed by atoms with E-state index in [1.54, 1.807) is 12.4 Å². The number of anilines is 1. The molecular weight excluding hydrogens is 491 g/mol. The van der Waals surface area contributed by atoms with Crippen LogP contribution in [-0.2, 0) is 0 Å². The average Bonchev–Trinajstić information content (AvgIpc) is 3.62. The fraction of sp³-hybridized carbons (Fsp3) is 0.345. The van der Waals surface area contributed by atoms with Crippen LogP contribution in [0.1, 0.15) is 54.9 Å². The Labute approximate surface area is 220 Å². The maximum Gasteiger partial charge on any atom is 0.147 e. The van der Waals surface area contributed by atoms with Crippen LogP contribution in [0.3, 0.4) is 0 Å². The van der Waals surface area contributed by atoms with Crippen molar-refractivity contribution < 1.29 is 4.52 Å². The fourth-order valence-electron chi connectivity index (χ4n) is 5.90. The van der Waals surface area contributed by atoms with Crippen molar-refractivity contribution in [2.45, 2.75) is 44.9 Å². The highest BCUT2D eigenvalue weighted by atomic mass is 35.5. The SMILES string of the molecule is Cc1cccc2nc(N3CCC4(C=C(c5c(-c6c(Cl)cncc6Cl)noc5C5CC5)C4)CC3)ccc12. The molecule has 5 nitrogen and oxygen atoms in total. The third-order valence-corrected chi connectivity index (χ3v) is 8.69. The summed E-state index contributed by atoms with van der Waals surface area (Å²) in [6.07, 6.45) is 11.2. The highest BCUT2D eigenvalue weighted by Crippen LogP contribution is 2.56. The second kappa shape index (κ2) is 8.32. The molecule has 3 aliphatic rings. The minimum absolute atomic E-state index is 0.223. The molecule has 2 fully saturated rings. The van der Waals surface area contributed by atoms with E-state index in [1.165, 1.54) is 16.5 Å². The number of hydrogen-bond acceptors (Lipinski definition) is 5. The molecule has 0 amide bonds. The Morgan fingerprint density at radius 1 is 1.00 bits per heavy atom. The summed E-state index contributed by atoms with van der Waals surface area (Å²) in [6, 6.07) is 10.7. The van der Waals surface area contributed by atoms with Gasteiger partial charge in [0.05, 0.1) is 15.6 Å². The number of nitrogens with zero attached hydrogens (tertiary/aromatic N) is 4. The molecule has 7 heteroatoms. The van der Waals surface area contributed by atoms with E-state index in [-0.39, 0.29) is 5.41 Å². The summed E-state index contributed by atoms with van der Waals surface area (Å²) < 4.78 is 5.89. The van der Waals surface area contributed by atoms with E-state index in [1.807, 2.05) is 0 Å². The minimum Gasteiger partial charge on any atom is -0.360 e. The average molecular weight is 517 g/mol. The van der Waals surface area contributed by atoms with Crippen LogP contribution in [0, 0.1) is 12.3 Å². The van der Waals surface area contributed by atoms with E-state index in [0.717, 1.165) is 73.5 Å². The molecule has 0 radical (unpaired) electrons. The van der Waals surface area contributed by atoms with Crippen molar-refractivity contribution in [1.82, 2.24) is 15.1 Å². The number of piperidine rings is 1. The second-order valence-electron chi connectivity index (χ2n) is 10.5. The van der Waals surface area contributed by atoms with Gasteiger partial charge in [-0.05, 0) is 73.8 Å². The molecule has 4 aromatic rings. The van der Waals surface area contributed by atoms with Crippen molar-refractivity contribution in [3.63, 3.8) is 0 Å². The summed E-state index contributed by atoms with van der Waals surface area (Å²) in [4.78, 5) is 11.5. The molecule has 1 saturated heterocycles. The topological polar surface area (TPSA) is 55.1 Å². The van der Waals surface area contributed by atoms with Gasteiger partial charge in [0.2, 0.25) is 0 Å². The highest BCUT2D eigenvalue weighted by Gasteiger charge is 2.44. The van der Waals surface area contributed by atoms with Gasteiger partial charge in [0.1, 0.15) is 17.3 Å². The number of halogens is 2. The summed E-state index contributed by atoms with van der Waals surface area (Å²) >= 11 is 13.0. The van der Waals surface area contributed by atoms with Crippen molar-refractivity contribution in [2.75, 3.05) is 18.0 Å². The van der Waals surface area contributed by atoms with E-state index in [2.05, 4.69) is 58.4 Å². The first-order chi connectivity index (χ1) is 17.5. The molecule has 0 N–H and O–H groups in total. The monoisotopic (exact) mass is 516 g/mol. The van der Waals surface area contributed by atoms with Crippen LogP contribution < -0.4 is 4.90 Å². The minimum atomic E-state index is 0.223. The van der Waals surface area contributed by atoms with Gasteiger partial charge in [-0.15, -0.1) is 0 Å². The van der Waals surface area contributed by atoms with Gasteiger partial charge in [-0.1, -0.05) is 46.6 Å². The summed E-state index contributed by atoms with van der Waals surface area (Å²) in [5.74, 6) is 2.51. The number of fused-ring (bicyclic) bond motifs is 1. The Hall–Kier alpha value is -2.89. The Balaban J connectivity index is 1.15. The van der Waals surface area contributed by atoms with Gasteiger partial charge in [0.15, 0.2) is 0 Å². The van der Waals surface area contributed by atoms with Crippen molar-refractivity contribution in [1.29, 1.82) is 0 Å². The zero-order valence-electron chi connectivity index (χ0n) is 20.1. The normalized spacial score (nSPS) is 19.0. The number of benzene rings is 1. The van der Waals surface area contributed by atoms with Crippen LogP contribution in [0.25, 0.3) is 27.7 Å². The quantitative estimate of drug-likeness (QED) is 0.276. The van der Waals surface area contributed by atoms with Gasteiger partial charge < -0.3 is 9.42 Å². The van der Waals surface area contributed by atoms with Gasteiger partial charge >= 0.3 is 0 Å². The third kappa shape index (κ3) is 3.63. The zero-order valence-corrected chi connectivity index (χ0v) is 21.6. The number of pyridine rings is 2. The molecule has 2 aliphatic carbocycles. The number of rotatable bonds is 4. The number of aromatic nitrogens is 3. The molecule has 3 aromatic heterocycles. The molecule has 1 aromatic carbocycles. The lowest BCUT2D eigenvalue weighted by molar-refractivity contribution is 0.277. The van der Waals surface area contributed by atoms with E-state index in [9.17, 15) is 0 Å². The lowest BCUT2D eigenvalue weighted by Crippen LogP contribution is -2.42. The lowest BCUT2D eigenvalue weighted by Gasteiger charge is -2.46. The number of aryl methyl sites for hydroxylation is 1. The van der Waals surface area contributed by atoms with E-state index >= 15 is 0 Å². The summed E-state index contributed by atoms with van der Waals surface area (Å²) in [5, 5.41) is 6.69. The molecule has 36 heavy (non-hydrogen) atoms. The Bertz CT molecular complexity index is 1510. The maximum atomic E-state index is 6.51. The molecule has 7 rings (SSSR count). The zero-order chi connectivity index (χ0) is 24.4. The highest BCUT2D eigenvalue weighted by molar-refractivity contribution is 6.39. The Morgan fingerprint density at radius 3 is 2.47 bits per heavy atom. The predicted molar refractivity (Wildman–Crippen MR) is 145 cm³/mol. The van der Waals surface area contributed by atoms with Gasteiger partial charge in [-0.25, -0.2) is 4.98 Å². The smallest absolute Gasteiger partial charge is 0.147 e. The molecule has 1 aliphatic heterocycles. The molecule has 1 spiro atoms. The molecule has 0 bridgehead atoms. The summed E-state index contributed by atoms with van der Waals surface area (Å²) in [5.41, 5.74) is 6.44. The second-order valence-corrected chi connectivity index (χ2v) is 11.3. The van der Waals surface area contributed by atoms with Gasteiger partial charge in [-0.2, -0.15) is 0 Å². The van der Waals surface area contributed by atoms with Crippen molar-refractivity contribution in [3.8, 4) is 11.3 Å².